The molecule has 322 valence electrons. The lowest BCUT2D eigenvalue weighted by Crippen LogP contribution is -2.71. The number of thioether (sulfide) groups is 3. The molecule has 7 rings (SSSR count). The summed E-state index contributed by atoms with van der Waals surface area (Å²) in [5.41, 5.74) is 6.41. The van der Waals surface area contributed by atoms with Gasteiger partial charge in [0.2, 0.25) is 0 Å². The lowest BCUT2D eigenvalue weighted by molar-refractivity contribution is -0.346. The Hall–Kier alpha value is -5.45. The molecule has 5 N–H and O–H groups in total. The summed E-state index contributed by atoms with van der Waals surface area (Å²) in [5, 5.41) is 25.2. The van der Waals surface area contributed by atoms with E-state index in [1.807, 2.05) is 91.0 Å². The SMILES string of the molecule is CC(C)(C)OC(=O)NCCSCc1nnsc1SC1=C(C(=O)O)N2C(=O)[C@@H](NC(=O)/C(=N\OOC(c3ccccc3)(c3ccccc3)c3ccccc3)c3csc(N)n3)[C@@H]2SC1. The van der Waals surface area contributed by atoms with Crippen molar-refractivity contribution in [3.63, 3.8) is 0 Å². The average Bonchev–Trinajstić information content (AvgIpc) is 3.90. The Morgan fingerprint density at radius 1 is 0.984 bits per heavy atom. The minimum absolute atomic E-state index is 0.0782. The minimum Gasteiger partial charge on any atom is -0.477 e. The molecule has 2 aliphatic heterocycles. The molecule has 4 heterocycles. The van der Waals surface area contributed by atoms with Gasteiger partial charge >= 0.3 is 12.1 Å². The number of fused-ring (bicyclic) bond motifs is 1. The number of amides is 3. The van der Waals surface area contributed by atoms with Crippen molar-refractivity contribution < 1.29 is 38.9 Å². The third-order valence-electron chi connectivity index (χ3n) is 9.12. The first kappa shape index (κ1) is 44.6. The van der Waals surface area contributed by atoms with Gasteiger partial charge < -0.3 is 26.2 Å². The lowest BCUT2D eigenvalue weighted by atomic mass is 9.80. The van der Waals surface area contributed by atoms with Crippen molar-refractivity contribution in [1.82, 2.24) is 30.1 Å². The Labute approximate surface area is 377 Å². The number of β-lactam (4-membered cyclic amide) rings is 1. The Balaban J connectivity index is 1.06. The van der Waals surface area contributed by atoms with Crippen LogP contribution in [-0.4, -0.2) is 89.2 Å². The summed E-state index contributed by atoms with van der Waals surface area (Å²) < 4.78 is 10.0. The van der Waals surface area contributed by atoms with Crippen LogP contribution in [0.2, 0.25) is 0 Å². The number of alkyl carbamates (subject to hydrolysis) is 1. The quantitative estimate of drug-likeness (QED) is 0.0196. The zero-order valence-corrected chi connectivity index (χ0v) is 37.5. The number of carboxylic acid groups (broad SMARTS) is 1. The summed E-state index contributed by atoms with van der Waals surface area (Å²) in [5.74, 6) is -1.45. The number of ether oxygens (including phenoxy) is 1. The molecule has 2 aliphatic rings. The van der Waals surface area contributed by atoms with Crippen LogP contribution < -0.4 is 16.4 Å². The molecular weight excluding hydrogens is 893 g/mol. The van der Waals surface area contributed by atoms with Crippen molar-refractivity contribution in [2.45, 2.75) is 53.4 Å². The van der Waals surface area contributed by atoms with Gasteiger partial charge in [-0.15, -0.1) is 33.1 Å². The number of rotatable bonds is 17. The molecule has 0 aliphatic carbocycles. The molecule has 2 atom stereocenters. The first-order valence-corrected chi connectivity index (χ1v) is 23.6. The Bertz CT molecular complexity index is 2370. The number of nitrogens with one attached hydrogen (secondary N) is 2. The molecule has 2 aromatic heterocycles. The fraction of sp³-hybridized carbons (Fsp3) is 0.268. The molecule has 0 bridgehead atoms. The van der Waals surface area contributed by atoms with E-state index in [4.69, 9.17) is 20.3 Å². The molecular formula is C41H40N8O8S5. The van der Waals surface area contributed by atoms with Gasteiger partial charge in [-0.2, -0.15) is 11.8 Å². The second kappa shape index (κ2) is 19.7. The molecule has 21 heteroatoms. The van der Waals surface area contributed by atoms with Crippen molar-refractivity contribution >= 4 is 92.9 Å². The number of nitrogens with two attached hydrogens (primary N) is 1. The molecule has 5 aromatic rings. The Morgan fingerprint density at radius 2 is 1.61 bits per heavy atom. The van der Waals surface area contributed by atoms with Crippen LogP contribution in [-0.2, 0) is 40.4 Å². The smallest absolute Gasteiger partial charge is 0.407 e. The molecule has 0 saturated carbocycles. The molecule has 1 saturated heterocycles. The predicted octanol–water partition coefficient (Wildman–Crippen LogP) is 6.47. The third kappa shape index (κ3) is 10.1. The van der Waals surface area contributed by atoms with E-state index in [0.717, 1.165) is 39.6 Å². The fourth-order valence-electron chi connectivity index (χ4n) is 6.44. The number of benzene rings is 3. The summed E-state index contributed by atoms with van der Waals surface area (Å²) in [6.07, 6.45) is -0.501. The standard InChI is InChI=1S/C41H40N8O8S5/c1-40(2,3)55-39(54)43-19-20-58-21-28-37(62-48-46-28)61-29-23-59-35-31(34(51)49(35)32(29)36(52)53)45-33(50)30(27-22-60-38(42)44-27)47-57-56-41(24-13-7-4-8-14-24,25-15-9-5-10-16-25)26-17-11-6-12-18-26/h4-18,22,31,35H,19-21,23H2,1-3H3,(H2,42,44)(H,43,54)(H,45,50)(H,52,53)/b47-30-/t31-,35+/m1/s1. The summed E-state index contributed by atoms with van der Waals surface area (Å²) in [6, 6.07) is 27.2. The molecule has 3 aromatic carbocycles. The van der Waals surface area contributed by atoms with Gasteiger partial charge in [0.1, 0.15) is 32.6 Å². The van der Waals surface area contributed by atoms with Gasteiger partial charge in [0.15, 0.2) is 16.4 Å². The zero-order valence-electron chi connectivity index (χ0n) is 33.4. The van der Waals surface area contributed by atoms with Gasteiger partial charge in [0.25, 0.3) is 11.8 Å². The minimum atomic E-state index is -1.34. The summed E-state index contributed by atoms with van der Waals surface area (Å²) in [4.78, 5) is 70.4. The van der Waals surface area contributed by atoms with Crippen LogP contribution in [0.4, 0.5) is 9.93 Å². The number of nitrogens with zero attached hydrogens (tertiary/aromatic N) is 5. The van der Waals surface area contributed by atoms with Crippen LogP contribution in [0, 0.1) is 0 Å². The van der Waals surface area contributed by atoms with Crippen molar-refractivity contribution in [3.05, 3.63) is 135 Å². The van der Waals surface area contributed by atoms with E-state index >= 15 is 0 Å². The number of hydrogen-bond acceptors (Lipinski definition) is 17. The van der Waals surface area contributed by atoms with Crippen LogP contribution in [0.3, 0.4) is 0 Å². The van der Waals surface area contributed by atoms with Crippen molar-refractivity contribution in [3.8, 4) is 0 Å². The summed E-state index contributed by atoms with van der Waals surface area (Å²) >= 11 is 6.22. The van der Waals surface area contributed by atoms with Crippen LogP contribution in [0.15, 0.2) is 116 Å². The van der Waals surface area contributed by atoms with Crippen molar-refractivity contribution in [2.75, 3.05) is 23.8 Å². The number of nitrogen functional groups attached to an aromatic ring is 1. The van der Waals surface area contributed by atoms with Gasteiger partial charge in [-0.3, -0.25) is 14.5 Å². The number of hydrogen-bond donors (Lipinski definition) is 4. The van der Waals surface area contributed by atoms with Gasteiger partial charge in [-0.25, -0.2) is 19.6 Å². The summed E-state index contributed by atoms with van der Waals surface area (Å²) in [7, 11) is 0. The number of carbonyl (C=O) groups is 4. The Morgan fingerprint density at radius 3 is 2.18 bits per heavy atom. The summed E-state index contributed by atoms with van der Waals surface area (Å²) in [6.45, 7) is 5.74. The molecule has 0 radical (unpaired) electrons. The lowest BCUT2D eigenvalue weighted by Gasteiger charge is -2.49. The molecule has 3 amide bonds. The molecule has 62 heavy (non-hydrogen) atoms. The number of carboxylic acids is 1. The molecule has 1 fully saturated rings. The van der Waals surface area contributed by atoms with Crippen molar-refractivity contribution in [2.24, 2.45) is 5.16 Å². The maximum absolute atomic E-state index is 14.1. The maximum atomic E-state index is 14.1. The first-order valence-electron chi connectivity index (χ1n) is 18.9. The third-order valence-corrected chi connectivity index (χ3v) is 14.3. The largest absolute Gasteiger partial charge is 0.477 e. The average molecular weight is 933 g/mol. The molecule has 0 unspecified atom stereocenters. The van der Waals surface area contributed by atoms with E-state index in [9.17, 15) is 24.3 Å². The number of aromatic nitrogens is 3. The van der Waals surface area contributed by atoms with E-state index < -0.39 is 46.5 Å². The van der Waals surface area contributed by atoms with Crippen molar-refractivity contribution in [1.29, 1.82) is 0 Å². The first-order chi connectivity index (χ1) is 29.9. The zero-order chi connectivity index (χ0) is 43.9. The van der Waals surface area contributed by atoms with Crippen LogP contribution in [0.1, 0.15) is 48.8 Å². The number of thiazole rings is 1. The number of anilines is 1. The fourth-order valence-corrected chi connectivity index (χ4v) is 11.3. The monoisotopic (exact) mass is 932 g/mol. The predicted molar refractivity (Wildman–Crippen MR) is 240 cm³/mol. The van der Waals surface area contributed by atoms with Crippen LogP contribution in [0.5, 0.6) is 0 Å². The highest BCUT2D eigenvalue weighted by Crippen LogP contribution is 2.47. The van der Waals surface area contributed by atoms with E-state index in [-0.39, 0.29) is 28.0 Å². The van der Waals surface area contributed by atoms with Gasteiger partial charge in [-0.1, -0.05) is 107 Å². The van der Waals surface area contributed by atoms with Crippen LogP contribution in [0.25, 0.3) is 0 Å². The normalized spacial score (nSPS) is 16.6. The topological polar surface area (TPSA) is 221 Å². The molecule has 16 nitrogen and oxygen atoms in total. The van der Waals surface area contributed by atoms with Crippen LogP contribution >= 0.6 is 58.2 Å². The van der Waals surface area contributed by atoms with E-state index in [0.29, 0.717) is 32.9 Å². The van der Waals surface area contributed by atoms with E-state index in [1.54, 1.807) is 20.8 Å². The second-order valence-electron chi connectivity index (χ2n) is 14.5. The highest BCUT2D eigenvalue weighted by atomic mass is 32.2. The highest BCUT2D eigenvalue weighted by Gasteiger charge is 2.55. The second-order valence-corrected chi connectivity index (χ2v) is 19.7. The Kier molecular flexibility index (Phi) is 14.2. The maximum Gasteiger partial charge on any atom is 0.407 e. The number of aliphatic carboxylic acids is 1. The van der Waals surface area contributed by atoms with Gasteiger partial charge in [0, 0.05) is 34.1 Å². The van der Waals surface area contributed by atoms with E-state index in [2.05, 4.69) is 30.4 Å². The number of oxime groups is 1. The number of carbonyl (C=O) groups excluding carboxylic acids is 3. The highest BCUT2D eigenvalue weighted by molar-refractivity contribution is 8.07. The van der Waals surface area contributed by atoms with E-state index in [1.165, 1.54) is 45.6 Å². The van der Waals surface area contributed by atoms with Gasteiger partial charge in [-0.05, 0) is 54.1 Å². The van der Waals surface area contributed by atoms with Gasteiger partial charge in [0.05, 0.1) is 5.69 Å². The molecule has 0 spiro atoms.